The predicted molar refractivity (Wildman–Crippen MR) is 120 cm³/mol. The smallest absolute Gasteiger partial charge is 0.339 e. The molecule has 1 unspecified atom stereocenters. The van der Waals surface area contributed by atoms with Crippen LogP contribution < -0.4 is 10.6 Å². The highest BCUT2D eigenvalue weighted by Crippen LogP contribution is 2.25. The van der Waals surface area contributed by atoms with E-state index in [2.05, 4.69) is 15.6 Å². The Kier molecular flexibility index (Phi) is 6.65. The van der Waals surface area contributed by atoms with Crippen LogP contribution in [-0.2, 0) is 20.7 Å². The molecule has 0 aliphatic carbocycles. The van der Waals surface area contributed by atoms with Crippen molar-refractivity contribution in [2.75, 3.05) is 10.6 Å². The summed E-state index contributed by atoms with van der Waals surface area (Å²) in [4.78, 5) is 41.3. The lowest BCUT2D eigenvalue weighted by Gasteiger charge is -2.17. The van der Waals surface area contributed by atoms with E-state index in [0.29, 0.717) is 34.3 Å². The number of nitrogens with zero attached hydrogens (tertiary/aromatic N) is 1. The molecular formula is C24H25N3O4. The molecule has 0 aliphatic rings. The summed E-state index contributed by atoms with van der Waals surface area (Å²) >= 11 is 0. The number of aromatic nitrogens is 1. The summed E-state index contributed by atoms with van der Waals surface area (Å²) in [5.41, 5.74) is 3.88. The maximum absolute atomic E-state index is 13.0. The fourth-order valence-corrected chi connectivity index (χ4v) is 3.32. The molecule has 7 nitrogen and oxygen atoms in total. The van der Waals surface area contributed by atoms with Crippen LogP contribution in [0.4, 0.5) is 11.4 Å². The number of rotatable bonds is 6. The van der Waals surface area contributed by atoms with E-state index in [-0.39, 0.29) is 5.91 Å². The van der Waals surface area contributed by atoms with Crippen molar-refractivity contribution in [3.8, 4) is 0 Å². The Labute approximate surface area is 180 Å². The number of esters is 1. The van der Waals surface area contributed by atoms with Crippen LogP contribution in [0, 0.1) is 6.92 Å². The lowest BCUT2D eigenvalue weighted by molar-refractivity contribution is -0.123. The molecule has 2 N–H and O–H groups in total. The minimum absolute atomic E-state index is 0.178. The molecule has 31 heavy (non-hydrogen) atoms. The highest BCUT2D eigenvalue weighted by molar-refractivity contribution is 6.06. The number of anilines is 2. The molecule has 0 bridgehead atoms. The number of ether oxygens (including phenoxy) is 1. The summed E-state index contributed by atoms with van der Waals surface area (Å²) < 4.78 is 5.50. The van der Waals surface area contributed by atoms with Gasteiger partial charge in [-0.05, 0) is 56.2 Å². The number of para-hydroxylation sites is 1. The minimum Gasteiger partial charge on any atom is -0.449 e. The summed E-state index contributed by atoms with van der Waals surface area (Å²) in [7, 11) is 0. The summed E-state index contributed by atoms with van der Waals surface area (Å²) in [5, 5.41) is 6.07. The maximum atomic E-state index is 13.0. The van der Waals surface area contributed by atoms with Crippen LogP contribution in [0.1, 0.15) is 42.4 Å². The number of carbonyl (C=O) groups excluding carboxylic acids is 3. The summed E-state index contributed by atoms with van der Waals surface area (Å²) in [6.45, 7) is 6.77. The Morgan fingerprint density at radius 3 is 2.23 bits per heavy atom. The number of hydrogen-bond donors (Lipinski definition) is 2. The first-order valence-corrected chi connectivity index (χ1v) is 10.1. The Hall–Kier alpha value is -3.74. The molecule has 1 heterocycles. The van der Waals surface area contributed by atoms with Crippen LogP contribution in [0.5, 0.6) is 0 Å². The fourth-order valence-electron chi connectivity index (χ4n) is 3.32. The second-order valence-electron chi connectivity index (χ2n) is 7.22. The molecule has 0 saturated carbocycles. The van der Waals surface area contributed by atoms with Gasteiger partial charge in [0.05, 0.1) is 11.1 Å². The van der Waals surface area contributed by atoms with Gasteiger partial charge >= 0.3 is 5.97 Å². The molecule has 2 amide bonds. The van der Waals surface area contributed by atoms with E-state index in [9.17, 15) is 14.4 Å². The molecule has 160 valence electrons. The third-order valence-electron chi connectivity index (χ3n) is 4.90. The second kappa shape index (κ2) is 9.38. The van der Waals surface area contributed by atoms with Gasteiger partial charge < -0.3 is 15.4 Å². The summed E-state index contributed by atoms with van der Waals surface area (Å²) in [6.07, 6.45) is -0.319. The number of benzene rings is 2. The van der Waals surface area contributed by atoms with Crippen LogP contribution in [-0.4, -0.2) is 28.9 Å². The van der Waals surface area contributed by atoms with Gasteiger partial charge in [0.25, 0.3) is 5.91 Å². The molecule has 7 heteroatoms. The highest BCUT2D eigenvalue weighted by atomic mass is 16.5. The maximum Gasteiger partial charge on any atom is 0.339 e. The lowest BCUT2D eigenvalue weighted by Crippen LogP contribution is -2.30. The Morgan fingerprint density at radius 2 is 1.61 bits per heavy atom. The quantitative estimate of drug-likeness (QED) is 0.582. The van der Waals surface area contributed by atoms with Crippen molar-refractivity contribution >= 4 is 40.1 Å². The molecule has 0 spiro atoms. The van der Waals surface area contributed by atoms with Crippen molar-refractivity contribution in [2.45, 2.75) is 40.2 Å². The largest absolute Gasteiger partial charge is 0.449 e. The van der Waals surface area contributed by atoms with E-state index in [4.69, 9.17) is 4.74 Å². The first-order valence-electron chi connectivity index (χ1n) is 10.1. The number of amides is 2. The molecule has 0 fully saturated rings. The number of hydrogen-bond acceptors (Lipinski definition) is 5. The van der Waals surface area contributed by atoms with Gasteiger partial charge in [0.15, 0.2) is 6.10 Å². The minimum atomic E-state index is -1.00. The van der Waals surface area contributed by atoms with E-state index in [0.717, 1.165) is 11.3 Å². The molecule has 3 aromatic rings. The standard InChI is InChI=1S/C24H25N3O4/c1-5-20-14(2)22(19-8-6-7-9-21(19)27-20)24(30)31-15(3)23(29)26-18-12-10-17(11-13-18)25-16(4)28/h6-13,15H,5H2,1-4H3,(H,25,28)(H,26,29). The molecule has 0 saturated heterocycles. The summed E-state index contributed by atoms with van der Waals surface area (Å²) in [5.74, 6) is -1.19. The topological polar surface area (TPSA) is 97.4 Å². The first-order chi connectivity index (χ1) is 14.8. The van der Waals surface area contributed by atoms with Crippen LogP contribution in [0.25, 0.3) is 10.9 Å². The molecular weight excluding hydrogens is 394 g/mol. The zero-order chi connectivity index (χ0) is 22.5. The Morgan fingerprint density at radius 1 is 1.00 bits per heavy atom. The van der Waals surface area contributed by atoms with Crippen LogP contribution >= 0.6 is 0 Å². The van der Waals surface area contributed by atoms with Gasteiger partial charge in [0.1, 0.15) is 0 Å². The van der Waals surface area contributed by atoms with E-state index < -0.39 is 18.0 Å². The molecule has 1 atom stereocenters. The fraction of sp³-hybridized carbons (Fsp3) is 0.250. The summed E-state index contributed by atoms with van der Waals surface area (Å²) in [6, 6.07) is 14.0. The zero-order valence-corrected chi connectivity index (χ0v) is 18.0. The predicted octanol–water partition coefficient (Wildman–Crippen LogP) is 4.25. The second-order valence-corrected chi connectivity index (χ2v) is 7.22. The van der Waals surface area contributed by atoms with Crippen LogP contribution in [0.2, 0.25) is 0 Å². The van der Waals surface area contributed by atoms with Gasteiger partial charge in [-0.2, -0.15) is 0 Å². The Balaban J connectivity index is 1.75. The molecule has 0 aliphatic heterocycles. The van der Waals surface area contributed by atoms with E-state index in [1.807, 2.05) is 38.1 Å². The monoisotopic (exact) mass is 419 g/mol. The third kappa shape index (κ3) is 5.06. The number of aryl methyl sites for hydroxylation is 1. The van der Waals surface area contributed by atoms with Gasteiger partial charge in [-0.15, -0.1) is 0 Å². The number of nitrogens with one attached hydrogen (secondary N) is 2. The van der Waals surface area contributed by atoms with Gasteiger partial charge in [0.2, 0.25) is 5.91 Å². The zero-order valence-electron chi connectivity index (χ0n) is 18.0. The molecule has 0 radical (unpaired) electrons. The molecule has 1 aromatic heterocycles. The number of carbonyl (C=O) groups is 3. The van der Waals surface area contributed by atoms with Crippen molar-refractivity contribution in [3.05, 3.63) is 65.4 Å². The van der Waals surface area contributed by atoms with Gasteiger partial charge in [-0.1, -0.05) is 25.1 Å². The molecule has 3 rings (SSSR count). The first kappa shape index (κ1) is 22.0. The number of fused-ring (bicyclic) bond motifs is 1. The van der Waals surface area contributed by atoms with Crippen LogP contribution in [0.15, 0.2) is 48.5 Å². The SMILES string of the molecule is CCc1nc2ccccc2c(C(=O)OC(C)C(=O)Nc2ccc(NC(C)=O)cc2)c1C. The van der Waals surface area contributed by atoms with Crippen molar-refractivity contribution in [2.24, 2.45) is 0 Å². The van der Waals surface area contributed by atoms with Crippen molar-refractivity contribution in [3.63, 3.8) is 0 Å². The average Bonchev–Trinajstić information content (AvgIpc) is 2.74. The van der Waals surface area contributed by atoms with Crippen molar-refractivity contribution in [1.82, 2.24) is 4.98 Å². The van der Waals surface area contributed by atoms with Gasteiger partial charge in [-0.3, -0.25) is 14.6 Å². The highest BCUT2D eigenvalue weighted by Gasteiger charge is 2.23. The van der Waals surface area contributed by atoms with Crippen molar-refractivity contribution in [1.29, 1.82) is 0 Å². The van der Waals surface area contributed by atoms with E-state index in [1.54, 1.807) is 24.3 Å². The van der Waals surface area contributed by atoms with E-state index >= 15 is 0 Å². The van der Waals surface area contributed by atoms with Crippen molar-refractivity contribution < 1.29 is 19.1 Å². The normalized spacial score (nSPS) is 11.6. The average molecular weight is 419 g/mol. The number of pyridine rings is 1. The lowest BCUT2D eigenvalue weighted by atomic mass is 10.0. The van der Waals surface area contributed by atoms with Gasteiger partial charge in [0, 0.05) is 29.4 Å². The Bertz CT molecular complexity index is 1140. The third-order valence-corrected chi connectivity index (χ3v) is 4.90. The molecule has 2 aromatic carbocycles. The van der Waals surface area contributed by atoms with Gasteiger partial charge in [-0.25, -0.2) is 4.79 Å². The van der Waals surface area contributed by atoms with E-state index in [1.165, 1.54) is 13.8 Å². The van der Waals surface area contributed by atoms with Crippen LogP contribution in [0.3, 0.4) is 0 Å².